The Morgan fingerprint density at radius 2 is 1.81 bits per heavy atom. The van der Waals surface area contributed by atoms with Gasteiger partial charge in [0.2, 0.25) is 5.54 Å². The van der Waals surface area contributed by atoms with E-state index in [0.717, 1.165) is 40.5 Å². The Bertz CT molecular complexity index is 780. The second-order valence-corrected chi connectivity index (χ2v) is 6.46. The number of carbonyl (C=O) groups is 1. The van der Waals surface area contributed by atoms with Crippen molar-refractivity contribution in [3.63, 3.8) is 0 Å². The maximum atomic E-state index is 13.9. The van der Waals surface area contributed by atoms with Crippen LogP contribution in [0.5, 0.6) is 5.75 Å². The molecule has 1 aromatic rings. The fourth-order valence-electron chi connectivity index (χ4n) is 3.61. The van der Waals surface area contributed by atoms with Gasteiger partial charge in [-0.25, -0.2) is 4.79 Å². The van der Waals surface area contributed by atoms with Crippen LogP contribution in [0.2, 0.25) is 0 Å². The molecule has 0 saturated heterocycles. The van der Waals surface area contributed by atoms with Crippen molar-refractivity contribution in [2.24, 2.45) is 0 Å². The lowest BCUT2D eigenvalue weighted by molar-refractivity contribution is -0.222. The number of methoxy groups -OCH3 is 2. The first-order valence-corrected chi connectivity index (χ1v) is 8.19. The van der Waals surface area contributed by atoms with Gasteiger partial charge in [0.05, 0.1) is 14.2 Å². The van der Waals surface area contributed by atoms with Gasteiger partial charge < -0.3 is 9.47 Å². The maximum Gasteiger partial charge on any atom is 0.421 e. The summed E-state index contributed by atoms with van der Waals surface area (Å²) < 4.78 is 51.3. The molecule has 0 aromatic heterocycles. The van der Waals surface area contributed by atoms with E-state index in [1.807, 2.05) is 24.3 Å². The van der Waals surface area contributed by atoms with Crippen molar-refractivity contribution in [3.05, 3.63) is 47.1 Å². The van der Waals surface area contributed by atoms with Crippen molar-refractivity contribution in [2.75, 3.05) is 27.8 Å². The second-order valence-electron chi connectivity index (χ2n) is 6.46. The number of ether oxygens (including phenoxy) is 2. The number of nitrogens with zero attached hydrogens (tertiary/aromatic N) is 1. The van der Waals surface area contributed by atoms with Gasteiger partial charge in [-0.05, 0) is 60.4 Å². The number of benzene rings is 1. The minimum Gasteiger partial charge on any atom is -0.497 e. The number of allylic oxidation sites excluding steroid dienone is 2. The van der Waals surface area contributed by atoms with Gasteiger partial charge in [-0.15, -0.1) is 0 Å². The van der Waals surface area contributed by atoms with Crippen molar-refractivity contribution in [1.82, 2.24) is 4.90 Å². The normalized spacial score (nSPS) is 23.5. The Balaban J connectivity index is 2.05. The van der Waals surface area contributed by atoms with E-state index < -0.39 is 17.7 Å². The minimum atomic E-state index is -4.77. The zero-order chi connectivity index (χ0) is 19.1. The van der Waals surface area contributed by atoms with Crippen LogP contribution in [-0.4, -0.2) is 50.4 Å². The van der Waals surface area contributed by atoms with Gasteiger partial charge in [-0.2, -0.15) is 13.2 Å². The molecule has 1 aliphatic carbocycles. The predicted molar refractivity (Wildman–Crippen MR) is 90.7 cm³/mol. The lowest BCUT2D eigenvalue weighted by atomic mass is 9.76. The van der Waals surface area contributed by atoms with E-state index >= 15 is 0 Å². The lowest BCUT2D eigenvalue weighted by Gasteiger charge is -2.37. The monoisotopic (exact) mass is 367 g/mol. The van der Waals surface area contributed by atoms with Crippen molar-refractivity contribution in [1.29, 1.82) is 0 Å². The number of carbonyl (C=O) groups excluding carboxylic acids is 1. The summed E-state index contributed by atoms with van der Waals surface area (Å²) in [5, 5.41) is 0. The fourth-order valence-corrected chi connectivity index (χ4v) is 3.61. The molecule has 1 aliphatic heterocycles. The number of alkyl halides is 3. The summed E-state index contributed by atoms with van der Waals surface area (Å²) in [7, 11) is 3.86. The van der Waals surface area contributed by atoms with Gasteiger partial charge in [-0.1, -0.05) is 12.1 Å². The van der Waals surface area contributed by atoms with Crippen LogP contribution in [-0.2, 0) is 9.53 Å². The lowest BCUT2D eigenvalue weighted by Crippen LogP contribution is -2.61. The van der Waals surface area contributed by atoms with E-state index in [-0.39, 0.29) is 6.54 Å². The molecule has 7 heteroatoms. The van der Waals surface area contributed by atoms with E-state index in [1.54, 1.807) is 7.11 Å². The first kappa shape index (κ1) is 18.5. The number of fused-ring (bicyclic) bond motifs is 1. The molecule has 2 aliphatic rings. The zero-order valence-electron chi connectivity index (χ0n) is 14.8. The predicted octanol–water partition coefficient (Wildman–Crippen LogP) is 3.59. The Morgan fingerprint density at radius 1 is 1.15 bits per heavy atom. The molecule has 0 spiro atoms. The average Bonchev–Trinajstić information content (AvgIpc) is 2.70. The van der Waals surface area contributed by atoms with Gasteiger partial charge in [0, 0.05) is 6.54 Å². The molecule has 0 radical (unpaired) electrons. The van der Waals surface area contributed by atoms with Crippen LogP contribution in [0.1, 0.15) is 18.4 Å². The molecule has 0 bridgehead atoms. The molecule has 0 saturated carbocycles. The van der Waals surface area contributed by atoms with Gasteiger partial charge in [-0.3, -0.25) is 4.90 Å². The van der Waals surface area contributed by atoms with Crippen molar-refractivity contribution >= 4 is 11.5 Å². The highest BCUT2D eigenvalue weighted by atomic mass is 19.4. The topological polar surface area (TPSA) is 38.8 Å². The van der Waals surface area contributed by atoms with E-state index in [0.29, 0.717) is 18.4 Å². The highest BCUT2D eigenvalue weighted by Crippen LogP contribution is 2.49. The third-order valence-electron chi connectivity index (χ3n) is 5.17. The van der Waals surface area contributed by atoms with E-state index in [1.165, 1.54) is 7.05 Å². The third kappa shape index (κ3) is 2.70. The molecule has 0 N–H and O–H groups in total. The smallest absolute Gasteiger partial charge is 0.421 e. The summed E-state index contributed by atoms with van der Waals surface area (Å²) in [6.45, 7) is 0.101. The van der Waals surface area contributed by atoms with Crippen LogP contribution < -0.4 is 4.74 Å². The molecular weight excluding hydrogens is 347 g/mol. The minimum absolute atomic E-state index is 0.101. The largest absolute Gasteiger partial charge is 0.497 e. The number of esters is 1. The molecule has 1 atom stereocenters. The van der Waals surface area contributed by atoms with Gasteiger partial charge in [0.1, 0.15) is 5.75 Å². The SMILES string of the molecule is COC(=O)C1(C(F)(F)F)C=C2CC(c3ccc(OC)cc3)=C2CCN1C. The van der Waals surface area contributed by atoms with Gasteiger partial charge in [0.25, 0.3) is 0 Å². The quantitative estimate of drug-likeness (QED) is 0.766. The van der Waals surface area contributed by atoms with Crippen LogP contribution in [0, 0.1) is 0 Å². The third-order valence-corrected chi connectivity index (χ3v) is 5.17. The number of likely N-dealkylation sites (N-methyl/N-ethyl adjacent to an activating group) is 1. The van der Waals surface area contributed by atoms with E-state index in [2.05, 4.69) is 4.74 Å². The highest BCUT2D eigenvalue weighted by molar-refractivity contribution is 5.89. The Hall–Kier alpha value is -2.28. The van der Waals surface area contributed by atoms with Crippen LogP contribution in [0.25, 0.3) is 5.57 Å². The molecule has 1 unspecified atom stereocenters. The summed E-state index contributed by atoms with van der Waals surface area (Å²) in [5.41, 5.74) is 0.651. The summed E-state index contributed by atoms with van der Waals surface area (Å²) in [6, 6.07) is 7.43. The zero-order valence-corrected chi connectivity index (χ0v) is 14.8. The molecule has 1 aromatic carbocycles. The van der Waals surface area contributed by atoms with Crippen molar-refractivity contribution in [3.8, 4) is 5.75 Å². The summed E-state index contributed by atoms with van der Waals surface area (Å²) in [5.74, 6) is -0.587. The Morgan fingerprint density at radius 3 is 2.35 bits per heavy atom. The summed E-state index contributed by atoms with van der Waals surface area (Å²) >= 11 is 0. The first-order chi connectivity index (χ1) is 12.2. The van der Waals surface area contributed by atoms with Gasteiger partial charge in [0.15, 0.2) is 0 Å². The number of halogens is 3. The summed E-state index contributed by atoms with van der Waals surface area (Å²) in [4.78, 5) is 13.2. The van der Waals surface area contributed by atoms with Crippen molar-refractivity contribution < 1.29 is 27.4 Å². The molecule has 26 heavy (non-hydrogen) atoms. The van der Waals surface area contributed by atoms with Crippen LogP contribution >= 0.6 is 0 Å². The standard InChI is InChI=1S/C19H20F3NO3/c1-23-9-8-15-13(11-18(23,17(24)26-3)19(20,21)22)10-16(15)12-4-6-14(25-2)7-5-12/h4-7,11H,8-10H2,1-3H3. The molecule has 1 heterocycles. The Kier molecular flexibility index (Phi) is 4.60. The molecule has 3 rings (SSSR count). The maximum absolute atomic E-state index is 13.9. The van der Waals surface area contributed by atoms with Crippen LogP contribution in [0.3, 0.4) is 0 Å². The second kappa shape index (κ2) is 6.46. The molecule has 0 fully saturated rings. The Labute approximate surface area is 149 Å². The highest BCUT2D eigenvalue weighted by Gasteiger charge is 2.63. The molecule has 0 amide bonds. The average molecular weight is 367 g/mol. The molecular formula is C19H20F3NO3. The van der Waals surface area contributed by atoms with E-state index in [9.17, 15) is 18.0 Å². The molecule has 4 nitrogen and oxygen atoms in total. The van der Waals surface area contributed by atoms with Gasteiger partial charge >= 0.3 is 12.1 Å². The number of hydrogen-bond donors (Lipinski definition) is 0. The fraction of sp³-hybridized carbons (Fsp3) is 0.421. The molecule has 140 valence electrons. The summed E-state index contributed by atoms with van der Waals surface area (Å²) in [6.07, 6.45) is -2.90. The van der Waals surface area contributed by atoms with Crippen LogP contribution in [0.4, 0.5) is 13.2 Å². The first-order valence-electron chi connectivity index (χ1n) is 8.19. The van der Waals surface area contributed by atoms with Crippen LogP contribution in [0.15, 0.2) is 41.5 Å². The van der Waals surface area contributed by atoms with Crippen molar-refractivity contribution in [2.45, 2.75) is 24.6 Å². The van der Waals surface area contributed by atoms with E-state index in [4.69, 9.17) is 4.74 Å². The number of hydrogen-bond acceptors (Lipinski definition) is 4. The number of rotatable bonds is 3.